The van der Waals surface area contributed by atoms with Crippen LogP contribution in [0.3, 0.4) is 0 Å². The minimum atomic E-state index is -0.306. The number of nitrogens with zero attached hydrogens (tertiary/aromatic N) is 2. The van der Waals surface area contributed by atoms with Crippen molar-refractivity contribution in [2.24, 2.45) is 0 Å². The molecule has 0 bridgehead atoms. The molecule has 10 aromatic rings. The zero-order valence-corrected chi connectivity index (χ0v) is 33.0. The third-order valence-corrected chi connectivity index (χ3v) is 12.2. The van der Waals surface area contributed by atoms with Crippen molar-refractivity contribution in [3.05, 3.63) is 217 Å². The van der Waals surface area contributed by atoms with Crippen LogP contribution in [0.2, 0.25) is 0 Å². The first kappa shape index (κ1) is 34.8. The Balaban J connectivity index is 1.08. The van der Waals surface area contributed by atoms with Crippen LogP contribution in [0.4, 0.5) is 0 Å². The number of aromatic nitrogens is 2. The van der Waals surface area contributed by atoms with Gasteiger partial charge in [-0.05, 0) is 102 Å². The fourth-order valence-corrected chi connectivity index (χ4v) is 9.28. The maximum atomic E-state index is 5.56. The molecule has 0 spiro atoms. The van der Waals surface area contributed by atoms with E-state index in [-0.39, 0.29) is 5.41 Å². The second-order valence-electron chi connectivity index (χ2n) is 16.2. The lowest BCUT2D eigenvalue weighted by atomic mass is 9.80. The first-order valence-electron chi connectivity index (χ1n) is 20.4. The van der Waals surface area contributed by atoms with E-state index in [2.05, 4.69) is 220 Å². The first-order chi connectivity index (χ1) is 29.0. The summed E-state index contributed by atoms with van der Waals surface area (Å²) >= 11 is 0. The lowest BCUT2D eigenvalue weighted by Crippen LogP contribution is -2.17. The van der Waals surface area contributed by atoms with E-state index in [0.717, 1.165) is 39.5 Å². The molecule has 1 aromatic heterocycles. The Morgan fingerprint density at radius 2 is 0.780 bits per heavy atom. The Morgan fingerprint density at radius 3 is 1.44 bits per heavy atom. The predicted octanol–water partition coefficient (Wildman–Crippen LogP) is 15.1. The highest BCUT2D eigenvalue weighted by Crippen LogP contribution is 2.54. The van der Waals surface area contributed by atoms with Crippen molar-refractivity contribution < 1.29 is 0 Å². The largest absolute Gasteiger partial charge is 0.228 e. The van der Waals surface area contributed by atoms with Gasteiger partial charge in [0.15, 0.2) is 5.82 Å². The lowest BCUT2D eigenvalue weighted by molar-refractivity contribution is 0.658. The molecule has 0 N–H and O–H groups in total. The Labute approximate surface area is 345 Å². The van der Waals surface area contributed by atoms with Crippen LogP contribution in [0.15, 0.2) is 206 Å². The van der Waals surface area contributed by atoms with Crippen LogP contribution in [0.25, 0.3) is 100.0 Å². The van der Waals surface area contributed by atoms with Crippen LogP contribution in [-0.2, 0) is 5.41 Å². The van der Waals surface area contributed by atoms with Gasteiger partial charge in [0.1, 0.15) is 0 Å². The van der Waals surface area contributed by atoms with Crippen molar-refractivity contribution in [3.63, 3.8) is 0 Å². The van der Waals surface area contributed by atoms with Gasteiger partial charge in [0.25, 0.3) is 0 Å². The molecule has 1 heterocycles. The molecular weight excluding hydrogens is 713 g/mol. The molecule has 1 aliphatic carbocycles. The van der Waals surface area contributed by atoms with E-state index < -0.39 is 0 Å². The van der Waals surface area contributed by atoms with Gasteiger partial charge in [-0.1, -0.05) is 190 Å². The van der Waals surface area contributed by atoms with Crippen LogP contribution in [0.1, 0.15) is 25.0 Å². The molecule has 0 unspecified atom stereocenters. The highest BCUT2D eigenvalue weighted by molar-refractivity contribution is 6.05. The van der Waals surface area contributed by atoms with Gasteiger partial charge in [-0.3, -0.25) is 0 Å². The summed E-state index contributed by atoms with van der Waals surface area (Å²) < 4.78 is 0. The van der Waals surface area contributed by atoms with E-state index in [4.69, 9.17) is 9.97 Å². The van der Waals surface area contributed by atoms with Gasteiger partial charge < -0.3 is 0 Å². The Morgan fingerprint density at radius 1 is 0.339 bits per heavy atom. The highest BCUT2D eigenvalue weighted by Gasteiger charge is 2.41. The maximum absolute atomic E-state index is 5.56. The van der Waals surface area contributed by atoms with Crippen molar-refractivity contribution in [1.29, 1.82) is 0 Å². The number of benzene rings is 9. The summed E-state index contributed by atoms with van der Waals surface area (Å²) in [7, 11) is 0. The van der Waals surface area contributed by atoms with Crippen LogP contribution in [0.5, 0.6) is 0 Å². The van der Waals surface area contributed by atoms with Gasteiger partial charge in [-0.25, -0.2) is 9.97 Å². The van der Waals surface area contributed by atoms with E-state index in [9.17, 15) is 0 Å². The molecular formula is C57H40N2. The fourth-order valence-electron chi connectivity index (χ4n) is 9.28. The summed E-state index contributed by atoms with van der Waals surface area (Å²) in [5, 5.41) is 4.83. The third-order valence-electron chi connectivity index (χ3n) is 12.2. The molecule has 278 valence electrons. The fraction of sp³-hybridized carbons (Fsp3) is 0.0526. The van der Waals surface area contributed by atoms with Crippen molar-refractivity contribution in [3.8, 4) is 78.4 Å². The van der Waals surface area contributed by atoms with Gasteiger partial charge >= 0.3 is 0 Å². The monoisotopic (exact) mass is 752 g/mol. The third kappa shape index (κ3) is 5.96. The smallest absolute Gasteiger partial charge is 0.160 e. The molecule has 2 heteroatoms. The molecule has 11 rings (SSSR count). The van der Waals surface area contributed by atoms with E-state index >= 15 is 0 Å². The summed E-state index contributed by atoms with van der Waals surface area (Å²) in [5.41, 5.74) is 16.9. The highest BCUT2D eigenvalue weighted by atomic mass is 14.9. The maximum Gasteiger partial charge on any atom is 0.160 e. The van der Waals surface area contributed by atoms with Gasteiger partial charge in [-0.2, -0.15) is 0 Å². The number of fused-ring (bicyclic) bond motifs is 6. The Bertz CT molecular complexity index is 3170. The standard InChI is InChI=1S/C57H40N2/c1-57(2)51-31-30-40-21-10-12-28-49(40)52(51)55-53(57)54(50-29-15-22-39-20-9-11-27-48(39)50)58-56(59-55)44-26-14-24-42(33-44)41-23-13-25-43(32-41)47-35-45(37-16-5-3-6-17-37)34-46(36-47)38-18-7-4-8-19-38/h3-36H,1-2H3. The zero-order valence-electron chi connectivity index (χ0n) is 33.0. The molecule has 2 nitrogen and oxygen atoms in total. The molecule has 0 aliphatic heterocycles. The van der Waals surface area contributed by atoms with Crippen LogP contribution in [-0.4, -0.2) is 9.97 Å². The van der Waals surface area contributed by atoms with Crippen molar-refractivity contribution >= 4 is 21.5 Å². The van der Waals surface area contributed by atoms with Crippen LogP contribution in [0, 0.1) is 0 Å². The molecule has 0 radical (unpaired) electrons. The molecule has 9 aromatic carbocycles. The van der Waals surface area contributed by atoms with Gasteiger partial charge in [0.2, 0.25) is 0 Å². The summed E-state index contributed by atoms with van der Waals surface area (Å²) in [6, 6.07) is 74.4. The second kappa shape index (κ2) is 13.9. The lowest BCUT2D eigenvalue weighted by Gasteiger charge is -2.24. The molecule has 0 saturated carbocycles. The molecule has 0 atom stereocenters. The number of rotatable bonds is 6. The number of hydrogen-bond acceptors (Lipinski definition) is 2. The van der Waals surface area contributed by atoms with Gasteiger partial charge in [0, 0.05) is 27.7 Å². The summed E-state index contributed by atoms with van der Waals surface area (Å²) in [4.78, 5) is 11.1. The van der Waals surface area contributed by atoms with Crippen LogP contribution < -0.4 is 0 Å². The van der Waals surface area contributed by atoms with Crippen molar-refractivity contribution in [2.45, 2.75) is 19.3 Å². The average Bonchev–Trinajstić information content (AvgIpc) is 3.55. The normalized spacial score (nSPS) is 12.7. The first-order valence-corrected chi connectivity index (χ1v) is 20.4. The summed E-state index contributed by atoms with van der Waals surface area (Å²) in [6.45, 7) is 4.66. The summed E-state index contributed by atoms with van der Waals surface area (Å²) in [5.74, 6) is 0.726. The van der Waals surface area contributed by atoms with Crippen molar-refractivity contribution in [2.75, 3.05) is 0 Å². The Kier molecular flexibility index (Phi) is 8.20. The molecule has 59 heavy (non-hydrogen) atoms. The van der Waals surface area contributed by atoms with E-state index in [1.165, 1.54) is 71.6 Å². The molecule has 0 saturated heterocycles. The van der Waals surface area contributed by atoms with E-state index in [1.807, 2.05) is 0 Å². The Hall–Kier alpha value is -7.42. The van der Waals surface area contributed by atoms with Gasteiger partial charge in [0.05, 0.1) is 11.4 Å². The quantitative estimate of drug-likeness (QED) is 0.169. The topological polar surface area (TPSA) is 25.8 Å². The molecule has 0 amide bonds. The molecule has 0 fully saturated rings. The molecule has 1 aliphatic rings. The van der Waals surface area contributed by atoms with E-state index in [1.54, 1.807) is 0 Å². The number of hydrogen-bond donors (Lipinski definition) is 0. The minimum absolute atomic E-state index is 0.306. The predicted molar refractivity (Wildman–Crippen MR) is 247 cm³/mol. The SMILES string of the molecule is CC1(C)c2ccc3ccccc3c2-c2nc(-c3cccc(-c4cccc(-c5cc(-c6ccccc6)cc(-c6ccccc6)c5)c4)c3)nc(-c3cccc4ccccc34)c21. The average molecular weight is 753 g/mol. The van der Waals surface area contributed by atoms with E-state index in [0.29, 0.717) is 0 Å². The minimum Gasteiger partial charge on any atom is -0.228 e. The second-order valence-corrected chi connectivity index (χ2v) is 16.2. The van der Waals surface area contributed by atoms with Crippen LogP contribution >= 0.6 is 0 Å². The summed E-state index contributed by atoms with van der Waals surface area (Å²) in [6.07, 6.45) is 0. The van der Waals surface area contributed by atoms with Gasteiger partial charge in [-0.15, -0.1) is 0 Å². The zero-order chi connectivity index (χ0) is 39.5. The van der Waals surface area contributed by atoms with Crippen molar-refractivity contribution in [1.82, 2.24) is 9.97 Å².